The Morgan fingerprint density at radius 1 is 1.57 bits per heavy atom. The number of hydrogen-bond acceptors (Lipinski definition) is 3. The van der Waals surface area contributed by atoms with Crippen LogP contribution >= 0.6 is 0 Å². The van der Waals surface area contributed by atoms with Gasteiger partial charge in [0.1, 0.15) is 11.9 Å². The van der Waals surface area contributed by atoms with E-state index < -0.39 is 0 Å². The predicted octanol–water partition coefficient (Wildman–Crippen LogP) is 2.17. The molecule has 1 heterocycles. The number of rotatable bonds is 3. The lowest BCUT2D eigenvalue weighted by Crippen LogP contribution is -2.12. The van der Waals surface area contributed by atoms with E-state index in [-0.39, 0.29) is 0 Å². The molecule has 0 spiro atoms. The molecule has 0 radical (unpaired) electrons. The Kier molecular flexibility index (Phi) is 2.12. The molecule has 1 aliphatic carbocycles. The third kappa shape index (κ3) is 2.02. The van der Waals surface area contributed by atoms with Gasteiger partial charge >= 0.3 is 0 Å². The van der Waals surface area contributed by atoms with E-state index in [1.54, 1.807) is 12.3 Å². The van der Waals surface area contributed by atoms with Crippen LogP contribution in [-0.2, 0) is 0 Å². The molecule has 0 saturated heterocycles. The molecule has 0 atom stereocenters. The first kappa shape index (κ1) is 9.01. The Hall–Kier alpha value is -1.56. The molecule has 72 valence electrons. The predicted molar refractivity (Wildman–Crippen MR) is 54.8 cm³/mol. The molecule has 0 aromatic carbocycles. The summed E-state index contributed by atoms with van der Waals surface area (Å²) in [5, 5.41) is 11.9. The summed E-state index contributed by atoms with van der Waals surface area (Å²) < 4.78 is 0. The number of anilines is 1. The van der Waals surface area contributed by atoms with Crippen molar-refractivity contribution >= 4 is 5.82 Å². The molecule has 1 aliphatic rings. The van der Waals surface area contributed by atoms with Gasteiger partial charge in [-0.2, -0.15) is 5.26 Å². The van der Waals surface area contributed by atoms with Gasteiger partial charge in [-0.05, 0) is 30.4 Å². The van der Waals surface area contributed by atoms with Crippen LogP contribution in [0.1, 0.15) is 25.3 Å². The minimum atomic E-state index is 0.482. The first-order valence-electron chi connectivity index (χ1n) is 4.82. The summed E-state index contributed by atoms with van der Waals surface area (Å²) in [6.45, 7) is 3.25. The summed E-state index contributed by atoms with van der Waals surface area (Å²) in [6.07, 6.45) is 4.20. The van der Waals surface area contributed by atoms with Gasteiger partial charge in [-0.15, -0.1) is 0 Å². The smallest absolute Gasteiger partial charge is 0.125 e. The second-order valence-electron chi connectivity index (χ2n) is 4.21. The number of nitrogens with zero attached hydrogens (tertiary/aromatic N) is 2. The van der Waals surface area contributed by atoms with Gasteiger partial charge in [-0.25, -0.2) is 4.98 Å². The maximum absolute atomic E-state index is 8.59. The van der Waals surface area contributed by atoms with E-state index in [0.717, 1.165) is 12.4 Å². The van der Waals surface area contributed by atoms with Gasteiger partial charge in [0.15, 0.2) is 0 Å². The Labute approximate surface area is 83.8 Å². The molecule has 1 fully saturated rings. The van der Waals surface area contributed by atoms with Gasteiger partial charge in [-0.3, -0.25) is 0 Å². The molecule has 3 nitrogen and oxygen atoms in total. The molecule has 0 unspecified atom stereocenters. The van der Waals surface area contributed by atoms with Gasteiger partial charge in [0.2, 0.25) is 0 Å². The van der Waals surface area contributed by atoms with Crippen molar-refractivity contribution in [3.63, 3.8) is 0 Å². The quantitative estimate of drug-likeness (QED) is 0.788. The van der Waals surface area contributed by atoms with Crippen LogP contribution in [0.25, 0.3) is 0 Å². The van der Waals surface area contributed by atoms with Crippen molar-refractivity contribution in [2.45, 2.75) is 19.8 Å². The number of nitrogens with one attached hydrogen (secondary N) is 1. The van der Waals surface area contributed by atoms with E-state index >= 15 is 0 Å². The molecule has 14 heavy (non-hydrogen) atoms. The Bertz CT molecular complexity index is 357. The molecule has 0 amide bonds. The van der Waals surface area contributed by atoms with Crippen molar-refractivity contribution in [3.05, 3.63) is 23.9 Å². The lowest BCUT2D eigenvalue weighted by atomic mass is 10.1. The van der Waals surface area contributed by atoms with Crippen molar-refractivity contribution in [2.75, 3.05) is 11.9 Å². The van der Waals surface area contributed by atoms with E-state index in [9.17, 15) is 0 Å². The summed E-state index contributed by atoms with van der Waals surface area (Å²) in [5.41, 5.74) is 1.09. The van der Waals surface area contributed by atoms with Gasteiger partial charge in [0.05, 0.1) is 5.56 Å². The summed E-state index contributed by atoms with van der Waals surface area (Å²) in [6, 6.07) is 5.68. The second kappa shape index (κ2) is 3.30. The number of pyridine rings is 1. The Morgan fingerprint density at radius 2 is 2.36 bits per heavy atom. The van der Waals surface area contributed by atoms with Crippen molar-refractivity contribution in [1.29, 1.82) is 5.26 Å². The second-order valence-corrected chi connectivity index (χ2v) is 4.21. The molecule has 1 aromatic heterocycles. The zero-order valence-corrected chi connectivity index (χ0v) is 8.25. The normalized spacial score (nSPS) is 17.1. The maximum Gasteiger partial charge on any atom is 0.125 e. The number of nitriles is 1. The maximum atomic E-state index is 8.59. The summed E-state index contributed by atoms with van der Waals surface area (Å²) in [5.74, 6) is 0.858. The molecular formula is C11H13N3. The largest absolute Gasteiger partial charge is 0.370 e. The molecular weight excluding hydrogens is 174 g/mol. The lowest BCUT2D eigenvalue weighted by molar-refractivity contribution is 0.609. The minimum Gasteiger partial charge on any atom is -0.370 e. The van der Waals surface area contributed by atoms with E-state index in [2.05, 4.69) is 17.2 Å². The van der Waals surface area contributed by atoms with Crippen LogP contribution in [0.5, 0.6) is 0 Å². The highest BCUT2D eigenvalue weighted by atomic mass is 15.0. The van der Waals surface area contributed by atoms with E-state index in [1.165, 1.54) is 12.8 Å². The lowest BCUT2D eigenvalue weighted by Gasteiger charge is -2.09. The van der Waals surface area contributed by atoms with Gasteiger partial charge in [0, 0.05) is 12.7 Å². The fourth-order valence-electron chi connectivity index (χ4n) is 1.26. The molecule has 1 aromatic rings. The van der Waals surface area contributed by atoms with Crippen molar-refractivity contribution < 1.29 is 0 Å². The topological polar surface area (TPSA) is 48.7 Å². The zero-order valence-electron chi connectivity index (χ0n) is 8.25. The van der Waals surface area contributed by atoms with Crippen LogP contribution in [0, 0.1) is 16.7 Å². The van der Waals surface area contributed by atoms with Crippen LogP contribution in [0.2, 0.25) is 0 Å². The third-order valence-electron chi connectivity index (χ3n) is 2.69. The highest BCUT2D eigenvalue weighted by Crippen LogP contribution is 2.44. The average Bonchev–Trinajstić information content (AvgIpc) is 2.95. The number of aromatic nitrogens is 1. The van der Waals surface area contributed by atoms with Crippen LogP contribution in [0.4, 0.5) is 5.82 Å². The van der Waals surface area contributed by atoms with Gasteiger partial charge in [-0.1, -0.05) is 6.92 Å². The van der Waals surface area contributed by atoms with Crippen LogP contribution in [0.15, 0.2) is 18.3 Å². The van der Waals surface area contributed by atoms with E-state index in [0.29, 0.717) is 11.0 Å². The fourth-order valence-corrected chi connectivity index (χ4v) is 1.26. The number of hydrogen-bond donors (Lipinski definition) is 1. The first-order valence-corrected chi connectivity index (χ1v) is 4.82. The highest BCUT2D eigenvalue weighted by Gasteiger charge is 2.36. The SMILES string of the molecule is CC1(CNc2ccc(C#N)cn2)CC1. The van der Waals surface area contributed by atoms with Crippen LogP contribution in [0.3, 0.4) is 0 Å². The highest BCUT2D eigenvalue weighted by molar-refractivity contribution is 5.39. The van der Waals surface area contributed by atoms with Crippen LogP contribution < -0.4 is 5.32 Å². The van der Waals surface area contributed by atoms with Gasteiger partial charge in [0.25, 0.3) is 0 Å². The summed E-state index contributed by atoms with van der Waals surface area (Å²) in [4.78, 5) is 4.15. The summed E-state index contributed by atoms with van der Waals surface area (Å²) in [7, 11) is 0. The molecule has 3 heteroatoms. The van der Waals surface area contributed by atoms with E-state index in [1.807, 2.05) is 12.1 Å². The molecule has 0 aliphatic heterocycles. The van der Waals surface area contributed by atoms with Crippen LogP contribution in [-0.4, -0.2) is 11.5 Å². The molecule has 0 bridgehead atoms. The zero-order chi connectivity index (χ0) is 10.0. The Balaban J connectivity index is 1.94. The van der Waals surface area contributed by atoms with E-state index in [4.69, 9.17) is 5.26 Å². The minimum absolute atomic E-state index is 0.482. The third-order valence-corrected chi connectivity index (χ3v) is 2.69. The molecule has 2 rings (SSSR count). The monoisotopic (exact) mass is 187 g/mol. The molecule has 1 saturated carbocycles. The summed E-state index contributed by atoms with van der Waals surface area (Å²) >= 11 is 0. The fraction of sp³-hybridized carbons (Fsp3) is 0.455. The van der Waals surface area contributed by atoms with Gasteiger partial charge < -0.3 is 5.32 Å². The van der Waals surface area contributed by atoms with Crippen molar-refractivity contribution in [2.24, 2.45) is 5.41 Å². The first-order chi connectivity index (χ1) is 6.72. The van der Waals surface area contributed by atoms with Crippen molar-refractivity contribution in [3.8, 4) is 6.07 Å². The molecule has 1 N–H and O–H groups in total. The van der Waals surface area contributed by atoms with Crippen molar-refractivity contribution in [1.82, 2.24) is 4.98 Å². The standard InChI is InChI=1S/C11H13N3/c1-11(4-5-11)8-14-10-3-2-9(6-12)7-13-10/h2-3,7H,4-5,8H2,1H3,(H,13,14). The average molecular weight is 187 g/mol. The Morgan fingerprint density at radius 3 is 2.86 bits per heavy atom.